The van der Waals surface area contributed by atoms with E-state index in [1.807, 2.05) is 37.3 Å². The number of rotatable bonds is 3. The number of aromatic nitrogens is 1. The van der Waals surface area contributed by atoms with Gasteiger partial charge in [-0.05, 0) is 31.2 Å². The van der Waals surface area contributed by atoms with Crippen LogP contribution >= 0.6 is 11.6 Å². The van der Waals surface area contributed by atoms with Crippen molar-refractivity contribution in [3.05, 3.63) is 59.2 Å². The molecule has 1 aromatic heterocycles. The summed E-state index contributed by atoms with van der Waals surface area (Å²) in [5.74, 6) is 0.494. The van der Waals surface area contributed by atoms with E-state index in [9.17, 15) is 4.79 Å². The minimum absolute atomic E-state index is 0.369. The van der Waals surface area contributed by atoms with Crippen molar-refractivity contribution in [1.29, 1.82) is 0 Å². The Balaban J connectivity index is 1.86. The lowest BCUT2D eigenvalue weighted by molar-refractivity contribution is 0.262. The molecule has 0 aliphatic rings. The van der Waals surface area contributed by atoms with Gasteiger partial charge >= 0.3 is 6.03 Å². The Morgan fingerprint density at radius 1 is 1.08 bits per heavy atom. The largest absolute Gasteiger partial charge is 0.495 e. The molecule has 0 saturated carbocycles. The van der Waals surface area contributed by atoms with Crippen LogP contribution in [0.15, 0.2) is 48.5 Å². The third kappa shape index (κ3) is 3.41. The molecule has 0 aliphatic carbocycles. The summed E-state index contributed by atoms with van der Waals surface area (Å²) in [6.07, 6.45) is 0. The molecule has 2 aromatic carbocycles. The second-order valence-electron chi connectivity index (χ2n) is 5.25. The monoisotopic (exact) mass is 341 g/mol. The second-order valence-corrected chi connectivity index (χ2v) is 5.69. The van der Waals surface area contributed by atoms with E-state index >= 15 is 0 Å². The number of nitrogens with one attached hydrogen (secondary N) is 2. The van der Waals surface area contributed by atoms with Gasteiger partial charge in [0.05, 0.1) is 24.0 Å². The number of para-hydroxylation sites is 1. The fourth-order valence-corrected chi connectivity index (χ4v) is 2.62. The standard InChI is InChI=1S/C18H16ClN3O2/c1-11-9-16(13-5-3-4-6-14(13)20-11)22-18(23)21-15-8-7-12(19)10-17(15)24-2/h3-10H,1-2H3,(H2,20,21,22,23). The molecule has 0 spiro atoms. The van der Waals surface area contributed by atoms with Crippen LogP contribution in [-0.2, 0) is 0 Å². The van der Waals surface area contributed by atoms with Crippen LogP contribution in [-0.4, -0.2) is 18.1 Å². The number of carbonyl (C=O) groups excluding carboxylic acids is 1. The number of amides is 2. The molecule has 0 saturated heterocycles. The molecule has 0 bridgehead atoms. The number of halogens is 1. The minimum Gasteiger partial charge on any atom is -0.495 e. The summed E-state index contributed by atoms with van der Waals surface area (Å²) in [6, 6.07) is 14.1. The molecule has 0 atom stereocenters. The first-order valence-electron chi connectivity index (χ1n) is 7.35. The van der Waals surface area contributed by atoms with Crippen molar-refractivity contribution >= 4 is 39.9 Å². The van der Waals surface area contributed by atoms with Gasteiger partial charge in [-0.25, -0.2) is 4.79 Å². The quantitative estimate of drug-likeness (QED) is 0.715. The van der Waals surface area contributed by atoms with Gasteiger partial charge in [0, 0.05) is 22.2 Å². The number of hydrogen-bond acceptors (Lipinski definition) is 3. The first-order chi connectivity index (χ1) is 11.6. The van der Waals surface area contributed by atoms with Crippen molar-refractivity contribution in [1.82, 2.24) is 4.98 Å². The summed E-state index contributed by atoms with van der Waals surface area (Å²) in [4.78, 5) is 16.8. The molecule has 122 valence electrons. The van der Waals surface area contributed by atoms with Gasteiger partial charge in [0.25, 0.3) is 0 Å². The molecular formula is C18H16ClN3O2. The van der Waals surface area contributed by atoms with Gasteiger partial charge in [0.1, 0.15) is 5.75 Å². The third-order valence-electron chi connectivity index (χ3n) is 3.50. The number of benzene rings is 2. The first kappa shape index (κ1) is 16.1. The Morgan fingerprint density at radius 2 is 1.83 bits per heavy atom. The number of anilines is 2. The van der Waals surface area contributed by atoms with Crippen LogP contribution < -0.4 is 15.4 Å². The van der Waals surface area contributed by atoms with Crippen LogP contribution in [0.25, 0.3) is 10.9 Å². The minimum atomic E-state index is -0.369. The summed E-state index contributed by atoms with van der Waals surface area (Å²) >= 11 is 5.93. The van der Waals surface area contributed by atoms with E-state index in [2.05, 4.69) is 15.6 Å². The molecular weight excluding hydrogens is 326 g/mol. The molecule has 24 heavy (non-hydrogen) atoms. The fraction of sp³-hybridized carbons (Fsp3) is 0.111. The van der Waals surface area contributed by atoms with E-state index in [0.29, 0.717) is 22.1 Å². The van der Waals surface area contributed by atoms with Gasteiger partial charge in [-0.2, -0.15) is 0 Å². The summed E-state index contributed by atoms with van der Waals surface area (Å²) in [7, 11) is 1.52. The van der Waals surface area contributed by atoms with Crippen LogP contribution in [0, 0.1) is 6.92 Å². The highest BCUT2D eigenvalue weighted by Crippen LogP contribution is 2.28. The van der Waals surface area contributed by atoms with Gasteiger partial charge < -0.3 is 15.4 Å². The van der Waals surface area contributed by atoms with Gasteiger partial charge in [-0.3, -0.25) is 4.98 Å². The maximum Gasteiger partial charge on any atom is 0.323 e. The SMILES string of the molecule is COc1cc(Cl)ccc1NC(=O)Nc1cc(C)nc2ccccc12. The molecule has 5 nitrogen and oxygen atoms in total. The van der Waals surface area contributed by atoms with E-state index in [0.717, 1.165) is 16.6 Å². The van der Waals surface area contributed by atoms with Crippen LogP contribution in [0.2, 0.25) is 5.02 Å². The Hall–Kier alpha value is -2.79. The number of nitrogens with zero attached hydrogens (tertiary/aromatic N) is 1. The first-order valence-corrected chi connectivity index (χ1v) is 7.72. The second kappa shape index (κ2) is 6.76. The number of hydrogen-bond donors (Lipinski definition) is 2. The highest BCUT2D eigenvalue weighted by Gasteiger charge is 2.10. The Bertz CT molecular complexity index is 912. The van der Waals surface area contributed by atoms with Gasteiger partial charge in [0.15, 0.2) is 0 Å². The Morgan fingerprint density at radius 3 is 2.62 bits per heavy atom. The lowest BCUT2D eigenvalue weighted by Gasteiger charge is -2.13. The number of ether oxygens (including phenoxy) is 1. The van der Waals surface area contributed by atoms with Crippen molar-refractivity contribution in [2.75, 3.05) is 17.7 Å². The van der Waals surface area contributed by atoms with Crippen molar-refractivity contribution in [3.8, 4) is 5.75 Å². The van der Waals surface area contributed by atoms with Gasteiger partial charge in [-0.15, -0.1) is 0 Å². The fourth-order valence-electron chi connectivity index (χ4n) is 2.46. The lowest BCUT2D eigenvalue weighted by atomic mass is 10.1. The number of pyridine rings is 1. The number of methoxy groups -OCH3 is 1. The highest BCUT2D eigenvalue weighted by atomic mass is 35.5. The molecule has 0 unspecified atom stereocenters. The Labute approximate surface area is 144 Å². The number of fused-ring (bicyclic) bond motifs is 1. The average molecular weight is 342 g/mol. The smallest absolute Gasteiger partial charge is 0.323 e. The summed E-state index contributed by atoms with van der Waals surface area (Å²) in [6.45, 7) is 1.89. The van der Waals surface area contributed by atoms with Crippen LogP contribution in [0.5, 0.6) is 5.75 Å². The number of aryl methyl sites for hydroxylation is 1. The van der Waals surface area contributed by atoms with Crippen molar-refractivity contribution in [2.45, 2.75) is 6.92 Å². The molecule has 2 N–H and O–H groups in total. The zero-order chi connectivity index (χ0) is 17.1. The summed E-state index contributed by atoms with van der Waals surface area (Å²) in [5, 5.41) is 7.04. The van der Waals surface area contributed by atoms with Crippen LogP contribution in [0.4, 0.5) is 16.2 Å². The highest BCUT2D eigenvalue weighted by molar-refractivity contribution is 6.30. The predicted molar refractivity (Wildman–Crippen MR) is 97.1 cm³/mol. The predicted octanol–water partition coefficient (Wildman–Crippen LogP) is 4.85. The van der Waals surface area contributed by atoms with E-state index in [1.165, 1.54) is 7.11 Å². The summed E-state index contributed by atoms with van der Waals surface area (Å²) < 4.78 is 5.23. The maximum absolute atomic E-state index is 12.4. The Kier molecular flexibility index (Phi) is 4.53. The zero-order valence-corrected chi connectivity index (χ0v) is 14.0. The molecule has 0 aliphatic heterocycles. The maximum atomic E-state index is 12.4. The van der Waals surface area contributed by atoms with E-state index in [4.69, 9.17) is 16.3 Å². The van der Waals surface area contributed by atoms with Crippen LogP contribution in [0.1, 0.15) is 5.69 Å². The number of carbonyl (C=O) groups is 1. The molecule has 1 heterocycles. The molecule has 3 rings (SSSR count). The normalized spacial score (nSPS) is 10.5. The van der Waals surface area contributed by atoms with E-state index < -0.39 is 0 Å². The van der Waals surface area contributed by atoms with E-state index in [1.54, 1.807) is 18.2 Å². The lowest BCUT2D eigenvalue weighted by Crippen LogP contribution is -2.20. The van der Waals surface area contributed by atoms with Crippen LogP contribution in [0.3, 0.4) is 0 Å². The molecule has 0 fully saturated rings. The average Bonchev–Trinajstić information content (AvgIpc) is 2.56. The summed E-state index contributed by atoms with van der Waals surface area (Å²) in [5.41, 5.74) is 2.89. The molecule has 2 amide bonds. The van der Waals surface area contributed by atoms with Gasteiger partial charge in [-0.1, -0.05) is 29.8 Å². The zero-order valence-electron chi connectivity index (χ0n) is 13.3. The molecule has 3 aromatic rings. The van der Waals surface area contributed by atoms with Crippen molar-refractivity contribution < 1.29 is 9.53 Å². The van der Waals surface area contributed by atoms with Gasteiger partial charge in [0.2, 0.25) is 0 Å². The van der Waals surface area contributed by atoms with Crippen molar-refractivity contribution in [3.63, 3.8) is 0 Å². The molecule has 6 heteroatoms. The number of urea groups is 1. The topological polar surface area (TPSA) is 63.2 Å². The third-order valence-corrected chi connectivity index (χ3v) is 3.74. The molecule has 0 radical (unpaired) electrons. The van der Waals surface area contributed by atoms with Crippen molar-refractivity contribution in [2.24, 2.45) is 0 Å². The van der Waals surface area contributed by atoms with E-state index in [-0.39, 0.29) is 6.03 Å².